The molecule has 0 saturated carbocycles. The van der Waals surface area contributed by atoms with Crippen molar-refractivity contribution < 1.29 is 4.79 Å². The molecule has 3 nitrogen and oxygen atoms in total. The highest BCUT2D eigenvalue weighted by Gasteiger charge is 2.61. The van der Waals surface area contributed by atoms with Crippen LogP contribution in [-0.2, 0) is 4.79 Å². The fraction of sp³-hybridized carbons (Fsp3) is 0.143. The molecular weight excluding hydrogens is 380 g/mol. The number of benzene rings is 4. The molecular formula is C28H18N2O. The number of aliphatic imine (C=N–C) groups is 1. The normalized spacial score (nSPS) is 26.3. The van der Waals surface area contributed by atoms with Crippen molar-refractivity contribution in [1.82, 2.24) is 0 Å². The molecule has 0 spiro atoms. The predicted octanol–water partition coefficient (Wildman–Crippen LogP) is 5.75. The molecule has 5 aliphatic rings. The zero-order chi connectivity index (χ0) is 20.3. The number of rotatable bonds is 0. The zero-order valence-electron chi connectivity index (χ0n) is 16.7. The summed E-state index contributed by atoms with van der Waals surface area (Å²) in [6.45, 7) is 0. The first-order valence-electron chi connectivity index (χ1n) is 10.9. The summed E-state index contributed by atoms with van der Waals surface area (Å²) in [5, 5.41) is 2.22. The van der Waals surface area contributed by atoms with Crippen LogP contribution in [0.25, 0.3) is 10.8 Å². The second-order valence-corrected chi connectivity index (χ2v) is 9.06. The number of carbonyl (C=O) groups is 1. The van der Waals surface area contributed by atoms with Gasteiger partial charge in [-0.25, -0.2) is 4.99 Å². The fourth-order valence-electron chi connectivity index (χ4n) is 6.77. The summed E-state index contributed by atoms with van der Waals surface area (Å²) in [5.74, 6) is 1.36. The maximum absolute atomic E-state index is 14.1. The molecule has 146 valence electrons. The van der Waals surface area contributed by atoms with Gasteiger partial charge in [-0.3, -0.25) is 9.69 Å². The van der Waals surface area contributed by atoms with E-state index in [1.54, 1.807) is 0 Å². The van der Waals surface area contributed by atoms with Crippen LogP contribution in [0.4, 0.5) is 11.4 Å². The van der Waals surface area contributed by atoms with E-state index in [4.69, 9.17) is 4.99 Å². The molecule has 3 aliphatic carbocycles. The van der Waals surface area contributed by atoms with Gasteiger partial charge >= 0.3 is 0 Å². The molecule has 0 radical (unpaired) electrons. The summed E-state index contributed by atoms with van der Waals surface area (Å²) in [6, 6.07) is 29.9. The van der Waals surface area contributed by atoms with Crippen molar-refractivity contribution in [2.45, 2.75) is 11.8 Å². The van der Waals surface area contributed by atoms with Crippen molar-refractivity contribution >= 4 is 33.9 Å². The van der Waals surface area contributed by atoms with Gasteiger partial charge in [-0.05, 0) is 39.8 Å². The molecule has 2 bridgehead atoms. The number of hydrogen-bond acceptors (Lipinski definition) is 2. The molecule has 31 heavy (non-hydrogen) atoms. The van der Waals surface area contributed by atoms with E-state index in [1.165, 1.54) is 22.3 Å². The highest BCUT2D eigenvalue weighted by Crippen LogP contribution is 2.62. The maximum atomic E-state index is 14.1. The van der Waals surface area contributed by atoms with Gasteiger partial charge in [-0.2, -0.15) is 0 Å². The van der Waals surface area contributed by atoms with Crippen molar-refractivity contribution in [3.63, 3.8) is 0 Å². The molecule has 1 fully saturated rings. The lowest BCUT2D eigenvalue weighted by Gasteiger charge is -2.46. The molecule has 3 heteroatoms. The number of nitrogens with zero attached hydrogens (tertiary/aromatic N) is 2. The third-order valence-corrected chi connectivity index (χ3v) is 7.81. The molecule has 4 aromatic carbocycles. The first-order valence-corrected chi connectivity index (χ1v) is 10.9. The van der Waals surface area contributed by atoms with Crippen LogP contribution in [0.15, 0.2) is 89.9 Å². The van der Waals surface area contributed by atoms with E-state index < -0.39 is 0 Å². The predicted molar refractivity (Wildman–Crippen MR) is 122 cm³/mol. The van der Waals surface area contributed by atoms with Crippen molar-refractivity contribution in [2.24, 2.45) is 16.8 Å². The van der Waals surface area contributed by atoms with E-state index in [-0.39, 0.29) is 29.6 Å². The lowest BCUT2D eigenvalue weighted by Crippen LogP contribution is -2.41. The lowest BCUT2D eigenvalue weighted by atomic mass is 9.55. The van der Waals surface area contributed by atoms with Gasteiger partial charge in [-0.15, -0.1) is 0 Å². The standard InChI is InChI=1S/C28H18N2O/c31-28-26-24-18-11-3-1-9-16(18)23(17-10-2-4-12-19(17)24)25(26)27-29-20-13-5-7-15-8-6-14-21(22(15)20)30(27)28/h1-14,23-26H/t23?,24?,25-,26-/m0/s1. The van der Waals surface area contributed by atoms with E-state index in [9.17, 15) is 4.79 Å². The monoisotopic (exact) mass is 398 g/mol. The van der Waals surface area contributed by atoms with Crippen molar-refractivity contribution in [3.8, 4) is 0 Å². The van der Waals surface area contributed by atoms with E-state index in [2.05, 4.69) is 84.9 Å². The Morgan fingerprint density at radius 2 is 1.23 bits per heavy atom. The highest BCUT2D eigenvalue weighted by atomic mass is 16.2. The first-order chi connectivity index (χ1) is 15.3. The molecule has 9 rings (SSSR count). The average molecular weight is 398 g/mol. The van der Waals surface area contributed by atoms with Crippen LogP contribution in [0.2, 0.25) is 0 Å². The van der Waals surface area contributed by atoms with Gasteiger partial charge in [0.15, 0.2) is 0 Å². The Balaban J connectivity index is 1.45. The van der Waals surface area contributed by atoms with Crippen LogP contribution in [0.3, 0.4) is 0 Å². The molecule has 0 N–H and O–H groups in total. The van der Waals surface area contributed by atoms with Gasteiger partial charge < -0.3 is 0 Å². The Hall–Kier alpha value is -3.72. The van der Waals surface area contributed by atoms with Crippen LogP contribution in [0, 0.1) is 11.8 Å². The maximum Gasteiger partial charge on any atom is 0.237 e. The lowest BCUT2D eigenvalue weighted by molar-refractivity contribution is -0.121. The molecule has 0 aromatic heterocycles. The van der Waals surface area contributed by atoms with Gasteiger partial charge in [0, 0.05) is 23.1 Å². The Kier molecular flexibility index (Phi) is 2.74. The van der Waals surface area contributed by atoms with E-state index in [0.717, 1.165) is 28.0 Å². The average Bonchev–Trinajstić information content (AvgIpc) is 3.12. The van der Waals surface area contributed by atoms with E-state index in [0.29, 0.717) is 0 Å². The number of carbonyl (C=O) groups excluding carboxylic acids is 1. The summed E-state index contributed by atoms with van der Waals surface area (Å²) in [4.78, 5) is 21.2. The number of fused-ring (bicyclic) bond motifs is 2. The molecule has 1 amide bonds. The van der Waals surface area contributed by atoms with Crippen molar-refractivity contribution in [3.05, 3.63) is 107 Å². The third-order valence-electron chi connectivity index (χ3n) is 7.81. The van der Waals surface area contributed by atoms with Crippen LogP contribution in [0.1, 0.15) is 34.1 Å². The number of hydrogen-bond donors (Lipinski definition) is 0. The second kappa shape index (κ2) is 5.30. The Bertz CT molecular complexity index is 1450. The van der Waals surface area contributed by atoms with Crippen molar-refractivity contribution in [2.75, 3.05) is 4.90 Å². The van der Waals surface area contributed by atoms with Crippen LogP contribution >= 0.6 is 0 Å². The number of amidine groups is 1. The molecule has 2 heterocycles. The van der Waals surface area contributed by atoms with Gasteiger partial charge in [0.25, 0.3) is 0 Å². The zero-order valence-corrected chi connectivity index (χ0v) is 16.7. The fourth-order valence-corrected chi connectivity index (χ4v) is 6.77. The van der Waals surface area contributed by atoms with Crippen LogP contribution in [0.5, 0.6) is 0 Å². The number of anilines is 1. The molecule has 1 saturated heterocycles. The van der Waals surface area contributed by atoms with Gasteiger partial charge in [0.2, 0.25) is 5.91 Å². The number of amides is 1. The summed E-state index contributed by atoms with van der Waals surface area (Å²) in [5.41, 5.74) is 7.33. The topological polar surface area (TPSA) is 32.7 Å². The quantitative estimate of drug-likeness (QED) is 0.371. The minimum atomic E-state index is -0.0990. The summed E-state index contributed by atoms with van der Waals surface area (Å²) >= 11 is 0. The minimum absolute atomic E-state index is 0.0749. The van der Waals surface area contributed by atoms with Gasteiger partial charge in [0.1, 0.15) is 5.84 Å². The SMILES string of the molecule is O=C1[C@H]2C3c4ccccc4C(c4ccccc43)[C@@H]2C2=Nc3cccc4cccc(c34)N12. The largest absolute Gasteiger partial charge is 0.274 e. The minimum Gasteiger partial charge on any atom is -0.274 e. The van der Waals surface area contributed by atoms with Gasteiger partial charge in [0.05, 0.1) is 17.3 Å². The van der Waals surface area contributed by atoms with Crippen molar-refractivity contribution in [1.29, 1.82) is 0 Å². The molecule has 2 atom stereocenters. The Morgan fingerprint density at radius 1 is 0.645 bits per heavy atom. The Morgan fingerprint density at radius 3 is 1.87 bits per heavy atom. The van der Waals surface area contributed by atoms with E-state index in [1.807, 2.05) is 4.90 Å². The molecule has 0 unspecified atom stereocenters. The van der Waals surface area contributed by atoms with Gasteiger partial charge in [-0.1, -0.05) is 72.8 Å². The molecule has 4 aromatic rings. The highest BCUT2D eigenvalue weighted by molar-refractivity contribution is 6.31. The summed E-state index contributed by atoms with van der Waals surface area (Å²) in [6.07, 6.45) is 0. The smallest absolute Gasteiger partial charge is 0.237 e. The van der Waals surface area contributed by atoms with Crippen LogP contribution in [-0.4, -0.2) is 11.7 Å². The summed E-state index contributed by atoms with van der Waals surface area (Å²) in [7, 11) is 0. The third kappa shape index (κ3) is 1.74. The summed E-state index contributed by atoms with van der Waals surface area (Å²) < 4.78 is 0. The van der Waals surface area contributed by atoms with E-state index >= 15 is 0 Å². The van der Waals surface area contributed by atoms with Crippen LogP contribution < -0.4 is 4.90 Å². The second-order valence-electron chi connectivity index (χ2n) is 9.06. The Labute approximate surface area is 179 Å². The first kappa shape index (κ1) is 16.0. The molecule has 2 aliphatic heterocycles.